The van der Waals surface area contributed by atoms with Crippen molar-refractivity contribution in [3.63, 3.8) is 0 Å². The summed E-state index contributed by atoms with van der Waals surface area (Å²) in [7, 11) is -3.95. The van der Waals surface area contributed by atoms with E-state index in [9.17, 15) is 17.6 Å². The second-order valence-corrected chi connectivity index (χ2v) is 8.87. The molecule has 1 fully saturated rings. The number of carbonyl (C=O) groups is 1. The molecule has 30 heavy (non-hydrogen) atoms. The summed E-state index contributed by atoms with van der Waals surface area (Å²) in [6.07, 6.45) is 0. The van der Waals surface area contributed by atoms with Crippen molar-refractivity contribution in [1.29, 1.82) is 0 Å². The molecule has 2 aromatic rings. The van der Waals surface area contributed by atoms with Gasteiger partial charge in [0.1, 0.15) is 11.6 Å². The molecule has 9 heteroatoms. The molecule has 162 valence electrons. The minimum Gasteiger partial charge on any atom is -0.494 e. The lowest BCUT2D eigenvalue weighted by atomic mass is 10.2. The molecule has 2 aromatic carbocycles. The van der Waals surface area contributed by atoms with E-state index in [1.54, 1.807) is 17.0 Å². The predicted octanol–water partition coefficient (Wildman–Crippen LogP) is 1.85. The highest BCUT2D eigenvalue weighted by molar-refractivity contribution is 7.89. The van der Waals surface area contributed by atoms with Crippen LogP contribution in [0.5, 0.6) is 5.75 Å². The van der Waals surface area contributed by atoms with Crippen molar-refractivity contribution in [2.45, 2.75) is 18.4 Å². The Bertz CT molecular complexity index is 943. The first-order chi connectivity index (χ1) is 14.4. The Labute approximate surface area is 176 Å². The summed E-state index contributed by atoms with van der Waals surface area (Å²) < 4.78 is 46.4. The highest BCUT2D eigenvalue weighted by Crippen LogP contribution is 2.22. The Morgan fingerprint density at radius 2 is 1.73 bits per heavy atom. The molecule has 1 saturated heterocycles. The molecule has 7 nitrogen and oxygen atoms in total. The molecule has 1 aliphatic rings. The van der Waals surface area contributed by atoms with Gasteiger partial charge in [-0.15, -0.1) is 0 Å². The lowest BCUT2D eigenvalue weighted by Crippen LogP contribution is -2.50. The monoisotopic (exact) mass is 435 g/mol. The molecule has 1 aliphatic heterocycles. The fourth-order valence-corrected chi connectivity index (χ4v) is 4.59. The third-order valence-corrected chi connectivity index (χ3v) is 6.63. The topological polar surface area (TPSA) is 79.0 Å². The molecule has 3 rings (SSSR count). The van der Waals surface area contributed by atoms with Crippen LogP contribution in [-0.2, 0) is 21.4 Å². The normalized spacial score (nSPS) is 14.7. The van der Waals surface area contributed by atoms with E-state index in [1.165, 1.54) is 36.4 Å². The average Bonchev–Trinajstić information content (AvgIpc) is 2.76. The van der Waals surface area contributed by atoms with Crippen molar-refractivity contribution < 1.29 is 22.3 Å². The van der Waals surface area contributed by atoms with Crippen molar-refractivity contribution in [2.75, 3.05) is 39.3 Å². The van der Waals surface area contributed by atoms with Gasteiger partial charge in [-0.1, -0.05) is 12.1 Å². The molecule has 1 heterocycles. The lowest BCUT2D eigenvalue weighted by Gasteiger charge is -2.30. The first-order valence-electron chi connectivity index (χ1n) is 9.86. The molecule has 1 amide bonds. The van der Waals surface area contributed by atoms with Gasteiger partial charge in [-0.05, 0) is 48.9 Å². The van der Waals surface area contributed by atoms with Crippen molar-refractivity contribution in [3.8, 4) is 5.75 Å². The van der Waals surface area contributed by atoms with Crippen LogP contribution in [0.3, 0.4) is 0 Å². The SMILES string of the molecule is CCOc1ccc(S(=O)(=O)N(CC(=O)N2CCNCC2)Cc2ccc(F)cc2)cc1. The molecule has 0 radical (unpaired) electrons. The van der Waals surface area contributed by atoms with Crippen molar-refractivity contribution >= 4 is 15.9 Å². The Hall–Kier alpha value is -2.49. The number of hydrogen-bond donors (Lipinski definition) is 1. The van der Waals surface area contributed by atoms with Crippen molar-refractivity contribution in [1.82, 2.24) is 14.5 Å². The molecule has 1 N–H and O–H groups in total. The molecule has 0 atom stereocenters. The Balaban J connectivity index is 1.86. The van der Waals surface area contributed by atoms with Gasteiger partial charge in [0, 0.05) is 32.7 Å². The quantitative estimate of drug-likeness (QED) is 0.685. The maximum atomic E-state index is 13.3. The number of ether oxygens (including phenoxy) is 1. The van der Waals surface area contributed by atoms with E-state index >= 15 is 0 Å². The number of sulfonamides is 1. The van der Waals surface area contributed by atoms with E-state index < -0.39 is 15.8 Å². The molecule has 0 aliphatic carbocycles. The zero-order valence-electron chi connectivity index (χ0n) is 16.9. The Morgan fingerprint density at radius 3 is 2.33 bits per heavy atom. The number of hydrogen-bond acceptors (Lipinski definition) is 5. The summed E-state index contributed by atoms with van der Waals surface area (Å²) >= 11 is 0. The summed E-state index contributed by atoms with van der Waals surface area (Å²) in [5, 5.41) is 3.17. The van der Waals surface area contributed by atoms with Gasteiger partial charge >= 0.3 is 0 Å². The van der Waals surface area contributed by atoms with E-state index in [4.69, 9.17) is 4.74 Å². The van der Waals surface area contributed by atoms with Crippen molar-refractivity contribution in [2.24, 2.45) is 0 Å². The molecule has 0 aromatic heterocycles. The van der Waals surface area contributed by atoms with Crippen LogP contribution in [0.25, 0.3) is 0 Å². The van der Waals surface area contributed by atoms with Crippen LogP contribution in [-0.4, -0.2) is 62.9 Å². The maximum Gasteiger partial charge on any atom is 0.243 e. The van der Waals surface area contributed by atoms with Gasteiger partial charge in [0.15, 0.2) is 0 Å². The first-order valence-corrected chi connectivity index (χ1v) is 11.3. The van der Waals surface area contributed by atoms with Crippen LogP contribution in [0.15, 0.2) is 53.4 Å². The van der Waals surface area contributed by atoms with E-state index in [0.717, 1.165) is 4.31 Å². The van der Waals surface area contributed by atoms with Gasteiger partial charge in [0.2, 0.25) is 15.9 Å². The predicted molar refractivity (Wildman–Crippen MR) is 111 cm³/mol. The van der Waals surface area contributed by atoms with E-state index in [2.05, 4.69) is 5.32 Å². The first kappa shape index (κ1) is 22.2. The van der Waals surface area contributed by atoms with E-state index in [-0.39, 0.29) is 23.9 Å². The number of benzene rings is 2. The van der Waals surface area contributed by atoms with Gasteiger partial charge in [0.25, 0.3) is 0 Å². The van der Waals surface area contributed by atoms with Gasteiger partial charge in [-0.3, -0.25) is 4.79 Å². The summed E-state index contributed by atoms with van der Waals surface area (Å²) in [6.45, 7) is 4.42. The van der Waals surface area contributed by atoms with E-state index in [0.29, 0.717) is 44.1 Å². The van der Waals surface area contributed by atoms with Crippen LogP contribution in [0.4, 0.5) is 4.39 Å². The number of piperazine rings is 1. The van der Waals surface area contributed by atoms with Crippen LogP contribution in [0.2, 0.25) is 0 Å². The largest absolute Gasteiger partial charge is 0.494 e. The standard InChI is InChI=1S/C21H26FN3O4S/c1-2-29-19-7-9-20(10-8-19)30(27,28)25(15-17-3-5-18(22)6-4-17)16-21(26)24-13-11-23-12-14-24/h3-10,23H,2,11-16H2,1H3. The fraction of sp³-hybridized carbons (Fsp3) is 0.381. The summed E-state index contributed by atoms with van der Waals surface area (Å²) in [5.41, 5.74) is 0.596. The summed E-state index contributed by atoms with van der Waals surface area (Å²) in [5.74, 6) is -0.0943. The molecule has 0 spiro atoms. The summed E-state index contributed by atoms with van der Waals surface area (Å²) in [6, 6.07) is 11.7. The molecule has 0 saturated carbocycles. The van der Waals surface area contributed by atoms with Crippen LogP contribution in [0, 0.1) is 5.82 Å². The van der Waals surface area contributed by atoms with Crippen LogP contribution < -0.4 is 10.1 Å². The molecule has 0 bridgehead atoms. The molecular weight excluding hydrogens is 409 g/mol. The molecule has 0 unspecified atom stereocenters. The average molecular weight is 436 g/mol. The van der Waals surface area contributed by atoms with Gasteiger partial charge in [0.05, 0.1) is 18.0 Å². The third kappa shape index (κ3) is 5.56. The number of nitrogens with zero attached hydrogens (tertiary/aromatic N) is 2. The zero-order valence-corrected chi connectivity index (χ0v) is 17.7. The second-order valence-electron chi connectivity index (χ2n) is 6.93. The molecular formula is C21H26FN3O4S. The fourth-order valence-electron chi connectivity index (χ4n) is 3.21. The van der Waals surface area contributed by atoms with Gasteiger partial charge in [-0.25, -0.2) is 12.8 Å². The van der Waals surface area contributed by atoms with Gasteiger partial charge in [-0.2, -0.15) is 4.31 Å². The zero-order chi connectivity index (χ0) is 21.6. The number of carbonyl (C=O) groups excluding carboxylic acids is 1. The second kappa shape index (κ2) is 10.0. The Morgan fingerprint density at radius 1 is 1.10 bits per heavy atom. The third-order valence-electron chi connectivity index (χ3n) is 4.83. The van der Waals surface area contributed by atoms with Crippen LogP contribution in [0.1, 0.15) is 12.5 Å². The van der Waals surface area contributed by atoms with E-state index in [1.807, 2.05) is 6.92 Å². The Kier molecular flexibility index (Phi) is 7.41. The summed E-state index contributed by atoms with van der Waals surface area (Å²) in [4.78, 5) is 14.5. The smallest absolute Gasteiger partial charge is 0.243 e. The van der Waals surface area contributed by atoms with Crippen LogP contribution >= 0.6 is 0 Å². The van der Waals surface area contributed by atoms with Crippen molar-refractivity contribution in [3.05, 3.63) is 59.9 Å². The minimum atomic E-state index is -3.95. The van der Waals surface area contributed by atoms with Gasteiger partial charge < -0.3 is 15.0 Å². The number of rotatable bonds is 8. The number of nitrogens with one attached hydrogen (secondary N) is 1. The minimum absolute atomic E-state index is 0.0341. The highest BCUT2D eigenvalue weighted by Gasteiger charge is 2.29. The lowest BCUT2D eigenvalue weighted by molar-refractivity contribution is -0.132. The number of amides is 1. The maximum absolute atomic E-state index is 13.3. The highest BCUT2D eigenvalue weighted by atomic mass is 32.2. The number of halogens is 1.